The second-order valence-corrected chi connectivity index (χ2v) is 9.29. The van der Waals surface area contributed by atoms with Crippen molar-refractivity contribution in [3.8, 4) is 0 Å². The van der Waals surface area contributed by atoms with E-state index in [2.05, 4.69) is 20.8 Å². The van der Waals surface area contributed by atoms with Gasteiger partial charge in [0.15, 0.2) is 0 Å². The summed E-state index contributed by atoms with van der Waals surface area (Å²) in [7, 11) is -5.77. The van der Waals surface area contributed by atoms with E-state index < -0.39 is 16.8 Å². The first-order valence-electron chi connectivity index (χ1n) is 10.3. The fraction of sp³-hybridized carbons (Fsp3) is 1.00. The van der Waals surface area contributed by atoms with Crippen LogP contribution in [-0.2, 0) is 17.9 Å². The van der Waals surface area contributed by atoms with Crippen molar-refractivity contribution in [3.05, 3.63) is 0 Å². The Morgan fingerprint density at radius 2 is 0.923 bits per heavy atom. The highest BCUT2D eigenvalue weighted by atomic mass is 31.3. The highest BCUT2D eigenvalue weighted by Crippen LogP contribution is 2.69. The van der Waals surface area contributed by atoms with Crippen molar-refractivity contribution in [2.24, 2.45) is 0 Å². The molecule has 0 aromatic heterocycles. The first-order valence-corrected chi connectivity index (χ1v) is 12.9. The lowest BCUT2D eigenvalue weighted by Gasteiger charge is -2.20. The molecule has 0 aliphatic rings. The lowest BCUT2D eigenvalue weighted by molar-refractivity contribution is 0.0799. The van der Waals surface area contributed by atoms with E-state index in [-0.39, 0.29) is 0 Å². The predicted octanol–water partition coefficient (Wildman–Crippen LogP) is 6.68. The average Bonchev–Trinajstić information content (AvgIpc) is 2.60. The van der Waals surface area contributed by atoms with E-state index in [0.717, 1.165) is 77.0 Å². The third-order valence-electron chi connectivity index (χ3n) is 3.91. The van der Waals surface area contributed by atoms with Crippen LogP contribution in [0.25, 0.3) is 0 Å². The molecule has 2 N–H and O–H groups in total. The summed E-state index contributed by atoms with van der Waals surface area (Å²) >= 11 is 0. The van der Waals surface area contributed by atoms with Gasteiger partial charge in [0.1, 0.15) is 19.8 Å². The van der Waals surface area contributed by atoms with Crippen molar-refractivity contribution >= 4 is 16.8 Å². The molecular formula is C18H41O6P2+. The zero-order valence-electron chi connectivity index (χ0n) is 17.0. The molecule has 0 aliphatic carbocycles. The molecule has 0 saturated carbocycles. The van der Waals surface area contributed by atoms with E-state index in [1.165, 1.54) is 0 Å². The summed E-state index contributed by atoms with van der Waals surface area (Å²) < 4.78 is 22.8. The van der Waals surface area contributed by atoms with Gasteiger partial charge in [-0.2, -0.15) is 13.6 Å². The minimum Gasteiger partial charge on any atom is -0.326 e. The minimum absolute atomic E-state index is 0.445. The predicted molar refractivity (Wildman–Crippen MR) is 110 cm³/mol. The molecule has 0 aromatic carbocycles. The van der Waals surface area contributed by atoms with E-state index in [0.29, 0.717) is 19.8 Å². The standard InChI is InChI=1S/C18H41O6P2/c1-4-7-10-13-16-21-26(24-25(19)20,22-17-14-11-8-5-2)23-18-15-12-9-6-3/h19-20H,4-18H2,1-3H3/q+1. The topological polar surface area (TPSA) is 77.4 Å². The van der Waals surface area contributed by atoms with Crippen LogP contribution in [0.4, 0.5) is 0 Å². The van der Waals surface area contributed by atoms with Crippen molar-refractivity contribution in [3.63, 3.8) is 0 Å². The van der Waals surface area contributed by atoms with Crippen LogP contribution in [0, 0.1) is 0 Å². The maximum Gasteiger partial charge on any atom is 0.583 e. The van der Waals surface area contributed by atoms with Crippen molar-refractivity contribution in [1.29, 1.82) is 0 Å². The van der Waals surface area contributed by atoms with E-state index in [9.17, 15) is 9.79 Å². The van der Waals surface area contributed by atoms with Crippen LogP contribution in [0.1, 0.15) is 97.8 Å². The molecule has 0 amide bonds. The van der Waals surface area contributed by atoms with Crippen molar-refractivity contribution in [2.75, 3.05) is 19.8 Å². The highest BCUT2D eigenvalue weighted by Gasteiger charge is 2.52. The second kappa shape index (κ2) is 19.0. The Balaban J connectivity index is 4.58. The van der Waals surface area contributed by atoms with Crippen LogP contribution < -0.4 is 0 Å². The Hall–Kier alpha value is 0.620. The number of unbranched alkanes of at least 4 members (excludes halogenated alkanes) is 9. The summed E-state index contributed by atoms with van der Waals surface area (Å²) in [5.74, 6) is 0. The SMILES string of the molecule is CCCCCCO[P+](OCCCCCC)(OCCCCCC)OP(O)O. The smallest absolute Gasteiger partial charge is 0.326 e. The highest BCUT2D eigenvalue weighted by molar-refractivity contribution is 7.64. The Morgan fingerprint density at radius 1 is 0.577 bits per heavy atom. The van der Waals surface area contributed by atoms with Crippen LogP contribution in [0.3, 0.4) is 0 Å². The van der Waals surface area contributed by atoms with Crippen LogP contribution in [0.2, 0.25) is 0 Å². The Bertz CT molecular complexity index is 259. The maximum absolute atomic E-state index is 9.40. The Labute approximate surface area is 162 Å². The molecule has 0 atom stereocenters. The summed E-state index contributed by atoms with van der Waals surface area (Å²) in [5, 5.41) is 0. The normalized spacial score (nSPS) is 12.2. The van der Waals surface area contributed by atoms with Gasteiger partial charge < -0.3 is 9.79 Å². The molecule has 0 spiro atoms. The van der Waals surface area contributed by atoms with Gasteiger partial charge in [0.05, 0.1) is 0 Å². The van der Waals surface area contributed by atoms with Crippen LogP contribution in [0.5, 0.6) is 0 Å². The summed E-state index contributed by atoms with van der Waals surface area (Å²) in [6, 6.07) is 0. The molecule has 158 valence electrons. The largest absolute Gasteiger partial charge is 0.583 e. The number of hydrogen-bond donors (Lipinski definition) is 2. The molecule has 6 nitrogen and oxygen atoms in total. The van der Waals surface area contributed by atoms with Crippen LogP contribution in [0.15, 0.2) is 0 Å². The maximum atomic E-state index is 9.40. The lowest BCUT2D eigenvalue weighted by Crippen LogP contribution is -2.12. The Kier molecular flexibility index (Phi) is 19.4. The van der Waals surface area contributed by atoms with Crippen molar-refractivity contribution in [1.82, 2.24) is 0 Å². The first kappa shape index (κ1) is 26.6. The monoisotopic (exact) mass is 415 g/mol. The summed E-state index contributed by atoms with van der Waals surface area (Å²) in [6.45, 7) is 7.81. The van der Waals surface area contributed by atoms with Crippen LogP contribution in [-0.4, -0.2) is 29.6 Å². The van der Waals surface area contributed by atoms with Gasteiger partial charge in [-0.15, -0.1) is 0 Å². The minimum atomic E-state index is -3.17. The molecule has 0 bridgehead atoms. The van der Waals surface area contributed by atoms with Crippen molar-refractivity contribution in [2.45, 2.75) is 97.8 Å². The number of rotatable bonds is 20. The summed E-state index contributed by atoms with van der Waals surface area (Å²) in [4.78, 5) is 18.8. The molecule has 26 heavy (non-hydrogen) atoms. The van der Waals surface area contributed by atoms with E-state index in [1.807, 2.05) is 0 Å². The van der Waals surface area contributed by atoms with Crippen LogP contribution >= 0.6 is 16.8 Å². The van der Waals surface area contributed by atoms with Gasteiger partial charge in [0.2, 0.25) is 0 Å². The van der Waals surface area contributed by atoms with Crippen molar-refractivity contribution < 1.29 is 27.7 Å². The van der Waals surface area contributed by atoms with Gasteiger partial charge in [0, 0.05) is 0 Å². The summed E-state index contributed by atoms with van der Waals surface area (Å²) in [6.07, 6.45) is 12.7. The fourth-order valence-electron chi connectivity index (χ4n) is 2.39. The molecule has 0 unspecified atom stereocenters. The first-order chi connectivity index (χ1) is 12.6. The second-order valence-electron chi connectivity index (χ2n) is 6.46. The third kappa shape index (κ3) is 15.7. The molecule has 8 heteroatoms. The van der Waals surface area contributed by atoms with Gasteiger partial charge in [-0.05, 0) is 19.3 Å². The third-order valence-corrected chi connectivity index (χ3v) is 6.80. The van der Waals surface area contributed by atoms with E-state index in [1.54, 1.807) is 0 Å². The quantitative estimate of drug-likeness (QED) is 0.171. The zero-order chi connectivity index (χ0) is 19.5. The molecule has 0 saturated heterocycles. The molecule has 0 heterocycles. The average molecular weight is 415 g/mol. The molecule has 0 fully saturated rings. The molecular weight excluding hydrogens is 374 g/mol. The number of hydrogen-bond acceptors (Lipinski definition) is 6. The molecule has 0 aliphatic heterocycles. The Morgan fingerprint density at radius 3 is 1.19 bits per heavy atom. The lowest BCUT2D eigenvalue weighted by atomic mass is 10.2. The molecule has 0 rings (SSSR count). The molecule has 0 radical (unpaired) electrons. The van der Waals surface area contributed by atoms with Gasteiger partial charge in [-0.1, -0.05) is 82.9 Å². The van der Waals surface area contributed by atoms with Gasteiger partial charge >= 0.3 is 16.8 Å². The van der Waals surface area contributed by atoms with E-state index in [4.69, 9.17) is 17.9 Å². The molecule has 0 aromatic rings. The van der Waals surface area contributed by atoms with Gasteiger partial charge in [-0.25, -0.2) is 0 Å². The zero-order valence-corrected chi connectivity index (χ0v) is 18.8. The fourth-order valence-corrected chi connectivity index (χ4v) is 4.95. The van der Waals surface area contributed by atoms with E-state index >= 15 is 0 Å². The van der Waals surface area contributed by atoms with Gasteiger partial charge in [-0.3, -0.25) is 0 Å². The van der Waals surface area contributed by atoms with Gasteiger partial charge in [0.25, 0.3) is 0 Å². The summed E-state index contributed by atoms with van der Waals surface area (Å²) in [5.41, 5.74) is 0.